The Kier molecular flexibility index (Phi) is 3.23. The molecule has 14 heavy (non-hydrogen) atoms. The molecule has 0 unspecified atom stereocenters. The highest BCUT2D eigenvalue weighted by Gasteiger charge is 1.95. The van der Waals surface area contributed by atoms with Gasteiger partial charge >= 0.3 is 5.97 Å². The van der Waals surface area contributed by atoms with Crippen molar-refractivity contribution in [3.8, 4) is 0 Å². The van der Waals surface area contributed by atoms with E-state index in [9.17, 15) is 4.79 Å². The molecule has 4 heteroatoms. The Hall–Kier alpha value is -1.84. The molecule has 1 heterocycles. The lowest BCUT2D eigenvalue weighted by molar-refractivity contribution is -0.135. The fourth-order valence-electron chi connectivity index (χ4n) is 0.994. The lowest BCUT2D eigenvalue weighted by atomic mass is 10.2. The zero-order valence-electron chi connectivity index (χ0n) is 7.90. The van der Waals surface area contributed by atoms with Crippen LogP contribution >= 0.6 is 0 Å². The van der Waals surface area contributed by atoms with E-state index in [0.717, 1.165) is 11.1 Å². The summed E-state index contributed by atoms with van der Waals surface area (Å²) in [6.07, 6.45) is 4.92. The second-order valence-corrected chi connectivity index (χ2v) is 2.97. The van der Waals surface area contributed by atoms with Crippen molar-refractivity contribution in [2.24, 2.45) is 0 Å². The fourth-order valence-corrected chi connectivity index (χ4v) is 0.994. The second kappa shape index (κ2) is 4.41. The van der Waals surface area contributed by atoms with Gasteiger partial charge in [-0.15, -0.1) is 0 Å². The van der Waals surface area contributed by atoms with E-state index in [-0.39, 0.29) is 6.42 Å². The predicted octanol–water partition coefficient (Wildman–Crippen LogP) is 1.46. The summed E-state index contributed by atoms with van der Waals surface area (Å²) in [6.45, 7) is 1.86. The van der Waals surface area contributed by atoms with Crippen LogP contribution in [0, 0.1) is 6.92 Å². The first-order chi connectivity index (χ1) is 6.59. The minimum atomic E-state index is -0.846. The molecule has 0 amide bonds. The molecule has 3 N–H and O–H groups in total. The third-order valence-corrected chi connectivity index (χ3v) is 1.74. The van der Waals surface area contributed by atoms with Gasteiger partial charge in [0, 0.05) is 6.20 Å². The molecule has 0 fully saturated rings. The van der Waals surface area contributed by atoms with Crippen molar-refractivity contribution in [3.63, 3.8) is 0 Å². The Bertz CT molecular complexity index is 372. The average molecular weight is 192 g/mol. The summed E-state index contributed by atoms with van der Waals surface area (Å²) in [4.78, 5) is 14.2. The summed E-state index contributed by atoms with van der Waals surface area (Å²) in [5.41, 5.74) is 7.29. The number of aryl methyl sites for hydroxylation is 1. The topological polar surface area (TPSA) is 76.2 Å². The number of carboxylic acids is 1. The number of aromatic nitrogens is 1. The van der Waals surface area contributed by atoms with Gasteiger partial charge in [0.05, 0.1) is 6.42 Å². The first-order valence-corrected chi connectivity index (χ1v) is 4.20. The third kappa shape index (κ3) is 2.90. The molecule has 0 bridgehead atoms. The highest BCUT2D eigenvalue weighted by Crippen LogP contribution is 2.10. The predicted molar refractivity (Wildman–Crippen MR) is 54.7 cm³/mol. The number of nitrogen functional groups attached to an aromatic ring is 1. The van der Waals surface area contributed by atoms with E-state index in [2.05, 4.69) is 4.98 Å². The average Bonchev–Trinajstić information content (AvgIpc) is 2.10. The number of anilines is 1. The number of hydrogen-bond donors (Lipinski definition) is 2. The molecular formula is C10H12N2O2. The molecule has 1 rings (SSSR count). The molecule has 0 aliphatic heterocycles. The Labute approximate surface area is 82.1 Å². The van der Waals surface area contributed by atoms with Gasteiger partial charge in [-0.25, -0.2) is 4.98 Å². The molecule has 0 saturated heterocycles. The molecule has 1 aromatic rings. The molecule has 4 nitrogen and oxygen atoms in total. The van der Waals surface area contributed by atoms with Crippen LogP contribution in [0.15, 0.2) is 18.3 Å². The van der Waals surface area contributed by atoms with Crippen LogP contribution in [0.2, 0.25) is 0 Å². The minimum absolute atomic E-state index is 0.0173. The van der Waals surface area contributed by atoms with Gasteiger partial charge in [0.2, 0.25) is 0 Å². The number of hydrogen-bond acceptors (Lipinski definition) is 3. The van der Waals surface area contributed by atoms with Gasteiger partial charge in [-0.3, -0.25) is 4.79 Å². The number of carbonyl (C=O) groups is 1. The maximum Gasteiger partial charge on any atom is 0.307 e. The van der Waals surface area contributed by atoms with Gasteiger partial charge in [0.15, 0.2) is 0 Å². The summed E-state index contributed by atoms with van der Waals surface area (Å²) in [7, 11) is 0. The maximum absolute atomic E-state index is 10.2. The van der Waals surface area contributed by atoms with E-state index in [0.29, 0.717) is 5.82 Å². The number of nitrogens with zero attached hydrogens (tertiary/aromatic N) is 1. The van der Waals surface area contributed by atoms with Crippen molar-refractivity contribution in [1.82, 2.24) is 4.98 Å². The molecule has 0 radical (unpaired) electrons. The summed E-state index contributed by atoms with van der Waals surface area (Å²) < 4.78 is 0. The minimum Gasteiger partial charge on any atom is -0.481 e. The SMILES string of the molecule is Cc1cc(C=CCC(=O)O)cnc1N. The van der Waals surface area contributed by atoms with E-state index in [1.807, 2.05) is 13.0 Å². The number of pyridine rings is 1. The van der Waals surface area contributed by atoms with Gasteiger partial charge in [-0.2, -0.15) is 0 Å². The van der Waals surface area contributed by atoms with E-state index in [1.54, 1.807) is 18.3 Å². The first-order valence-electron chi connectivity index (χ1n) is 4.20. The largest absolute Gasteiger partial charge is 0.481 e. The monoisotopic (exact) mass is 192 g/mol. The van der Waals surface area contributed by atoms with Crippen LogP contribution in [0.1, 0.15) is 17.5 Å². The fraction of sp³-hybridized carbons (Fsp3) is 0.200. The number of nitrogens with two attached hydrogens (primary N) is 1. The van der Waals surface area contributed by atoms with Gasteiger partial charge in [-0.05, 0) is 24.1 Å². The van der Waals surface area contributed by atoms with Crippen LogP contribution in [0.3, 0.4) is 0 Å². The number of rotatable bonds is 3. The van der Waals surface area contributed by atoms with E-state index < -0.39 is 5.97 Å². The maximum atomic E-state index is 10.2. The van der Waals surface area contributed by atoms with Crippen molar-refractivity contribution in [1.29, 1.82) is 0 Å². The second-order valence-electron chi connectivity index (χ2n) is 2.97. The van der Waals surface area contributed by atoms with Crippen LogP contribution < -0.4 is 5.73 Å². The van der Waals surface area contributed by atoms with Crippen LogP contribution in [0.4, 0.5) is 5.82 Å². The lowest BCUT2D eigenvalue weighted by Gasteiger charge is -1.99. The zero-order chi connectivity index (χ0) is 10.6. The normalized spacial score (nSPS) is 10.6. The van der Waals surface area contributed by atoms with Crippen LogP contribution in [0.5, 0.6) is 0 Å². The van der Waals surface area contributed by atoms with Gasteiger partial charge in [-0.1, -0.05) is 12.2 Å². The van der Waals surface area contributed by atoms with Crippen molar-refractivity contribution >= 4 is 17.9 Å². The molecule has 0 spiro atoms. The molecule has 0 aliphatic carbocycles. The first kappa shape index (κ1) is 10.2. The van der Waals surface area contributed by atoms with E-state index in [4.69, 9.17) is 10.8 Å². The molecule has 74 valence electrons. The van der Waals surface area contributed by atoms with Crippen molar-refractivity contribution in [2.45, 2.75) is 13.3 Å². The number of carboxylic acid groups (broad SMARTS) is 1. The quantitative estimate of drug-likeness (QED) is 0.760. The number of aliphatic carboxylic acids is 1. The smallest absolute Gasteiger partial charge is 0.307 e. The molecule has 0 atom stereocenters. The van der Waals surface area contributed by atoms with E-state index in [1.165, 1.54) is 0 Å². The van der Waals surface area contributed by atoms with Crippen molar-refractivity contribution in [2.75, 3.05) is 5.73 Å². The highest BCUT2D eigenvalue weighted by atomic mass is 16.4. The van der Waals surface area contributed by atoms with Crippen molar-refractivity contribution in [3.05, 3.63) is 29.5 Å². The van der Waals surface area contributed by atoms with Gasteiger partial charge < -0.3 is 10.8 Å². The molecular weight excluding hydrogens is 180 g/mol. The lowest BCUT2D eigenvalue weighted by Crippen LogP contribution is -1.94. The Morgan fingerprint density at radius 1 is 1.71 bits per heavy atom. The summed E-state index contributed by atoms with van der Waals surface area (Å²) in [5.74, 6) is -0.346. The highest BCUT2D eigenvalue weighted by molar-refractivity contribution is 5.70. The zero-order valence-corrected chi connectivity index (χ0v) is 7.90. The summed E-state index contributed by atoms with van der Waals surface area (Å²) in [5, 5.41) is 8.40. The van der Waals surface area contributed by atoms with Crippen LogP contribution in [-0.4, -0.2) is 16.1 Å². The molecule has 0 aromatic carbocycles. The summed E-state index contributed by atoms with van der Waals surface area (Å²) in [6, 6.07) is 1.86. The Balaban J connectivity index is 2.73. The molecule has 1 aromatic heterocycles. The summed E-state index contributed by atoms with van der Waals surface area (Å²) >= 11 is 0. The standard InChI is InChI=1S/C10H12N2O2/c1-7-5-8(6-12-10(7)11)3-2-4-9(13)14/h2-3,5-6H,4H2,1H3,(H2,11,12)(H,13,14). The Morgan fingerprint density at radius 2 is 2.43 bits per heavy atom. The molecule has 0 aliphatic rings. The molecule has 0 saturated carbocycles. The van der Waals surface area contributed by atoms with Crippen molar-refractivity contribution < 1.29 is 9.90 Å². The van der Waals surface area contributed by atoms with Crippen LogP contribution in [-0.2, 0) is 4.79 Å². The van der Waals surface area contributed by atoms with E-state index >= 15 is 0 Å². The Morgan fingerprint density at radius 3 is 3.00 bits per heavy atom. The third-order valence-electron chi connectivity index (χ3n) is 1.74. The van der Waals surface area contributed by atoms with Crippen LogP contribution in [0.25, 0.3) is 6.08 Å². The van der Waals surface area contributed by atoms with Gasteiger partial charge in [0.1, 0.15) is 5.82 Å². The van der Waals surface area contributed by atoms with Gasteiger partial charge in [0.25, 0.3) is 0 Å².